The lowest BCUT2D eigenvalue weighted by molar-refractivity contribution is -0.385. The second kappa shape index (κ2) is 10.8. The van der Waals surface area contributed by atoms with Gasteiger partial charge in [0, 0.05) is 24.4 Å². The molecule has 0 fully saturated rings. The Labute approximate surface area is 220 Å². The van der Waals surface area contributed by atoms with Crippen LogP contribution in [0.4, 0.5) is 10.5 Å². The fourth-order valence-electron chi connectivity index (χ4n) is 4.34. The third-order valence-corrected chi connectivity index (χ3v) is 6.06. The van der Waals surface area contributed by atoms with Crippen molar-refractivity contribution in [2.24, 2.45) is 4.99 Å². The summed E-state index contributed by atoms with van der Waals surface area (Å²) in [6.45, 7) is 8.44. The molecule has 13 nitrogen and oxygen atoms in total. The number of methoxy groups -OCH3 is 1. The predicted octanol–water partition coefficient (Wildman–Crippen LogP) is 2.59. The topological polar surface area (TPSA) is 148 Å². The number of fused-ring (bicyclic) bond motifs is 2. The summed E-state index contributed by atoms with van der Waals surface area (Å²) in [6.07, 6.45) is 1.71. The Bertz CT molecular complexity index is 1230. The Morgan fingerprint density at radius 2 is 2.08 bits per heavy atom. The van der Waals surface area contributed by atoms with Crippen LogP contribution in [0, 0.1) is 10.1 Å². The molecule has 3 aliphatic heterocycles. The zero-order valence-electron chi connectivity index (χ0n) is 22.1. The highest BCUT2D eigenvalue weighted by molar-refractivity contribution is 6.04. The number of hydrogen-bond acceptors (Lipinski definition) is 11. The van der Waals surface area contributed by atoms with Gasteiger partial charge < -0.3 is 19.5 Å². The summed E-state index contributed by atoms with van der Waals surface area (Å²) < 4.78 is 16.2. The van der Waals surface area contributed by atoms with Crippen LogP contribution in [0.5, 0.6) is 5.75 Å². The van der Waals surface area contributed by atoms with E-state index in [4.69, 9.17) is 14.2 Å². The third-order valence-electron chi connectivity index (χ3n) is 6.06. The van der Waals surface area contributed by atoms with E-state index in [9.17, 15) is 19.7 Å². The number of nitro benzene ring substituents is 1. The molecule has 13 heteroatoms. The second-order valence-electron chi connectivity index (χ2n) is 10.1. The number of ether oxygens (including phenoxy) is 3. The molecule has 0 aromatic heterocycles. The molecule has 204 valence electrons. The highest BCUT2D eigenvalue weighted by Gasteiger charge is 2.42. The molecule has 3 aliphatic rings. The molecule has 1 aromatic carbocycles. The lowest BCUT2D eigenvalue weighted by atomic mass is 10.2. The molecule has 0 radical (unpaired) electrons. The maximum Gasteiger partial charge on any atom is 0.414 e. The Morgan fingerprint density at radius 1 is 1.32 bits per heavy atom. The lowest BCUT2D eigenvalue weighted by Crippen LogP contribution is -2.47. The van der Waals surface area contributed by atoms with Crippen molar-refractivity contribution in [3.05, 3.63) is 56.7 Å². The van der Waals surface area contributed by atoms with E-state index in [1.807, 2.05) is 16.9 Å². The van der Waals surface area contributed by atoms with E-state index in [1.165, 1.54) is 19.2 Å². The molecule has 1 aromatic rings. The first-order chi connectivity index (χ1) is 18.0. The van der Waals surface area contributed by atoms with Crippen molar-refractivity contribution in [3.63, 3.8) is 0 Å². The first-order valence-electron chi connectivity index (χ1n) is 12.2. The Balaban J connectivity index is 1.46. The predicted molar refractivity (Wildman–Crippen MR) is 137 cm³/mol. The third kappa shape index (κ3) is 5.78. The summed E-state index contributed by atoms with van der Waals surface area (Å²) >= 11 is 0. The van der Waals surface area contributed by atoms with Gasteiger partial charge in [0.2, 0.25) is 0 Å². The molecule has 0 saturated carbocycles. The summed E-state index contributed by atoms with van der Waals surface area (Å²) in [7, 11) is 1.38. The van der Waals surface area contributed by atoms with Crippen LogP contribution in [0.25, 0.3) is 0 Å². The number of amides is 2. The lowest BCUT2D eigenvalue weighted by Gasteiger charge is -2.37. The number of nitro groups is 1. The summed E-state index contributed by atoms with van der Waals surface area (Å²) in [6, 6.07) is 4.47. The SMILES string of the molecule is COc1ccc(COCC(C)N2CC(C(=O)NC(=O)OC(C)(C)C)=C3N=CC4=C(NCC4)N32)cc1[N+](=O)[O-]. The number of aliphatic imine (C=N–C) groups is 1. The van der Waals surface area contributed by atoms with E-state index >= 15 is 0 Å². The molecule has 4 rings (SSSR count). The first-order valence-corrected chi connectivity index (χ1v) is 12.2. The molecule has 0 saturated heterocycles. The Hall–Kier alpha value is -3.97. The molecule has 3 heterocycles. The summed E-state index contributed by atoms with van der Waals surface area (Å²) in [5.41, 5.74) is 1.10. The first kappa shape index (κ1) is 27.1. The number of nitrogens with one attached hydrogen (secondary N) is 2. The van der Waals surface area contributed by atoms with E-state index in [1.54, 1.807) is 33.1 Å². The second-order valence-corrected chi connectivity index (χ2v) is 10.1. The van der Waals surface area contributed by atoms with Crippen molar-refractivity contribution in [1.29, 1.82) is 0 Å². The number of hydrazine groups is 1. The minimum Gasteiger partial charge on any atom is -0.490 e. The number of carbonyl (C=O) groups is 2. The number of alkyl carbamates (subject to hydrolysis) is 1. The van der Waals surface area contributed by atoms with Gasteiger partial charge in [-0.1, -0.05) is 6.07 Å². The van der Waals surface area contributed by atoms with Crippen molar-refractivity contribution in [2.75, 3.05) is 26.8 Å². The number of hydrogen-bond donors (Lipinski definition) is 2. The van der Waals surface area contributed by atoms with Gasteiger partial charge in [0.25, 0.3) is 5.91 Å². The van der Waals surface area contributed by atoms with Crippen LogP contribution in [0.2, 0.25) is 0 Å². The average molecular weight is 529 g/mol. The van der Waals surface area contributed by atoms with E-state index in [0.717, 1.165) is 24.4 Å². The molecule has 2 N–H and O–H groups in total. The van der Waals surface area contributed by atoms with Gasteiger partial charge in [0.15, 0.2) is 11.6 Å². The molecule has 0 aliphatic carbocycles. The molecule has 38 heavy (non-hydrogen) atoms. The monoisotopic (exact) mass is 528 g/mol. The van der Waals surface area contributed by atoms with Gasteiger partial charge in [-0.25, -0.2) is 19.8 Å². The van der Waals surface area contributed by atoms with Crippen LogP contribution >= 0.6 is 0 Å². The number of rotatable bonds is 8. The van der Waals surface area contributed by atoms with E-state index in [0.29, 0.717) is 17.0 Å². The van der Waals surface area contributed by atoms with E-state index in [2.05, 4.69) is 15.6 Å². The van der Waals surface area contributed by atoms with Gasteiger partial charge in [0.05, 0.1) is 43.4 Å². The van der Waals surface area contributed by atoms with E-state index < -0.39 is 22.5 Å². The molecular weight excluding hydrogens is 496 g/mol. The fourth-order valence-corrected chi connectivity index (χ4v) is 4.34. The van der Waals surface area contributed by atoms with Gasteiger partial charge in [0.1, 0.15) is 11.4 Å². The van der Waals surface area contributed by atoms with E-state index in [-0.39, 0.29) is 37.2 Å². The Morgan fingerprint density at radius 3 is 2.76 bits per heavy atom. The number of imide groups is 1. The molecular formula is C25H32N6O7. The molecule has 0 spiro atoms. The molecule has 2 amide bonds. The smallest absolute Gasteiger partial charge is 0.414 e. The number of carbonyl (C=O) groups excluding carboxylic acids is 2. The van der Waals surface area contributed by atoms with Gasteiger partial charge in [-0.2, -0.15) is 0 Å². The maximum atomic E-state index is 13.1. The average Bonchev–Trinajstić information content (AvgIpc) is 3.47. The minimum absolute atomic E-state index is 0.131. The van der Waals surface area contributed by atoms with Crippen molar-refractivity contribution in [3.8, 4) is 5.75 Å². The van der Waals surface area contributed by atoms with Gasteiger partial charge in [-0.15, -0.1) is 0 Å². The minimum atomic E-state index is -0.829. The highest BCUT2D eigenvalue weighted by Crippen LogP contribution is 2.35. The summed E-state index contributed by atoms with van der Waals surface area (Å²) in [4.78, 5) is 40.7. The van der Waals surface area contributed by atoms with Crippen molar-refractivity contribution in [2.45, 2.75) is 52.4 Å². The van der Waals surface area contributed by atoms with Crippen LogP contribution in [0.3, 0.4) is 0 Å². The van der Waals surface area contributed by atoms with Crippen LogP contribution < -0.4 is 15.4 Å². The summed E-state index contributed by atoms with van der Waals surface area (Å²) in [5, 5.41) is 20.8. The molecule has 1 atom stereocenters. The summed E-state index contributed by atoms with van der Waals surface area (Å²) in [5.74, 6) is 0.864. The fraction of sp³-hybridized carbons (Fsp3) is 0.480. The van der Waals surface area contributed by atoms with Crippen LogP contribution in [-0.2, 0) is 20.9 Å². The normalized spacial score (nSPS) is 17.7. The highest BCUT2D eigenvalue weighted by atomic mass is 16.6. The van der Waals surface area contributed by atoms with Crippen molar-refractivity contribution in [1.82, 2.24) is 20.7 Å². The quantitative estimate of drug-likeness (QED) is 0.381. The van der Waals surface area contributed by atoms with Gasteiger partial charge in [-0.3, -0.25) is 20.2 Å². The van der Waals surface area contributed by atoms with Gasteiger partial charge >= 0.3 is 11.8 Å². The van der Waals surface area contributed by atoms with Crippen LogP contribution in [0.15, 0.2) is 46.0 Å². The number of nitrogens with zero attached hydrogens (tertiary/aromatic N) is 4. The molecule has 0 bridgehead atoms. The Kier molecular flexibility index (Phi) is 7.69. The largest absolute Gasteiger partial charge is 0.490 e. The maximum absolute atomic E-state index is 13.1. The van der Waals surface area contributed by atoms with Crippen molar-refractivity contribution < 1.29 is 28.7 Å². The van der Waals surface area contributed by atoms with Crippen molar-refractivity contribution >= 4 is 23.9 Å². The zero-order valence-corrected chi connectivity index (χ0v) is 22.1. The van der Waals surface area contributed by atoms with Crippen LogP contribution in [-0.4, -0.2) is 71.6 Å². The zero-order chi connectivity index (χ0) is 27.6. The standard InChI is InChI=1S/C25H32N6O7/c1-15(13-37-14-16-6-7-20(36-5)19(10-16)31(34)35)29-12-18(23(32)28-24(33)38-25(2,3)4)22-27-11-17-8-9-26-21(17)30(22)29/h6-7,10-11,15,26H,8-9,12-14H2,1-5H3,(H,28,32,33). The van der Waals surface area contributed by atoms with Crippen LogP contribution in [0.1, 0.15) is 39.7 Å². The molecule has 1 unspecified atom stereocenters. The van der Waals surface area contributed by atoms with Gasteiger partial charge in [-0.05, 0) is 45.7 Å². The number of benzene rings is 1.